The number of benzene rings is 1. The van der Waals surface area contributed by atoms with Crippen LogP contribution in [-0.2, 0) is 0 Å². The number of ether oxygens (including phenoxy) is 1. The lowest BCUT2D eigenvalue weighted by Gasteiger charge is -2.37. The summed E-state index contributed by atoms with van der Waals surface area (Å²) < 4.78 is 39.8. The van der Waals surface area contributed by atoms with E-state index in [1.54, 1.807) is 14.0 Å². The van der Waals surface area contributed by atoms with Crippen molar-refractivity contribution in [3.8, 4) is 17.6 Å². The summed E-state index contributed by atoms with van der Waals surface area (Å²) in [6, 6.07) is 5.47. The number of rotatable bonds is 7. The topological polar surface area (TPSA) is 54.2 Å². The van der Waals surface area contributed by atoms with E-state index in [4.69, 9.17) is 0 Å². The van der Waals surface area contributed by atoms with E-state index in [0.29, 0.717) is 4.90 Å². The maximum Gasteiger partial charge on any atom is 0.573 e. The van der Waals surface area contributed by atoms with Crippen LogP contribution in [0.1, 0.15) is 27.2 Å². The Morgan fingerprint density at radius 2 is 1.85 bits per heavy atom. The van der Waals surface area contributed by atoms with Gasteiger partial charge in [0.1, 0.15) is 17.7 Å². The Bertz CT molecular complexity index is 704. The van der Waals surface area contributed by atoms with Crippen LogP contribution < -0.4 is 4.74 Å². The fourth-order valence-electron chi connectivity index (χ4n) is 2.04. The number of nitrogens with zero attached hydrogens (tertiary/aromatic N) is 2. The van der Waals surface area contributed by atoms with Crippen LogP contribution in [0.15, 0.2) is 39.1 Å². The number of thioether (sulfide) groups is 1. The minimum atomic E-state index is -4.73. The van der Waals surface area contributed by atoms with Crippen LogP contribution in [0.4, 0.5) is 13.2 Å². The minimum Gasteiger partial charge on any atom is -0.406 e. The first-order chi connectivity index (χ1) is 12.0. The third-order valence-electron chi connectivity index (χ3n) is 3.43. The molecule has 0 aromatic heterocycles. The summed E-state index contributed by atoms with van der Waals surface area (Å²) >= 11 is 1.30. The molecular formula is C18H21F3N2O2S. The predicted molar refractivity (Wildman–Crippen MR) is 99.0 cm³/mol. The summed E-state index contributed by atoms with van der Waals surface area (Å²) in [7, 11) is 1.58. The van der Waals surface area contributed by atoms with Gasteiger partial charge in [-0.05, 0) is 45.0 Å². The van der Waals surface area contributed by atoms with E-state index in [0.717, 1.165) is 0 Å². The second kappa shape index (κ2) is 9.10. The fourth-order valence-corrected chi connectivity index (χ4v) is 3.21. The molecule has 1 unspecified atom stereocenters. The molecule has 0 spiro atoms. The average molecular weight is 386 g/mol. The van der Waals surface area contributed by atoms with Crippen molar-refractivity contribution in [3.63, 3.8) is 0 Å². The molecule has 0 aliphatic carbocycles. The van der Waals surface area contributed by atoms with Gasteiger partial charge in [0, 0.05) is 24.6 Å². The van der Waals surface area contributed by atoms with Gasteiger partial charge in [-0.1, -0.05) is 5.92 Å². The first-order valence-corrected chi connectivity index (χ1v) is 8.48. The van der Waals surface area contributed by atoms with E-state index >= 15 is 0 Å². The van der Waals surface area contributed by atoms with E-state index in [1.165, 1.54) is 48.6 Å². The Hall–Kier alpha value is -1.98. The monoisotopic (exact) mass is 386 g/mol. The van der Waals surface area contributed by atoms with E-state index in [-0.39, 0.29) is 12.2 Å². The maximum atomic E-state index is 12.2. The van der Waals surface area contributed by atoms with Crippen LogP contribution in [0.25, 0.3) is 0 Å². The molecule has 4 nitrogen and oxygen atoms in total. The molecular weight excluding hydrogens is 365 g/mol. The van der Waals surface area contributed by atoms with E-state index < -0.39 is 16.7 Å². The summed E-state index contributed by atoms with van der Waals surface area (Å²) in [5.74, 6) is 5.24. The summed E-state index contributed by atoms with van der Waals surface area (Å²) in [6.45, 7) is 5.24. The average Bonchev–Trinajstić information content (AvgIpc) is 2.52. The second-order valence-corrected chi connectivity index (χ2v) is 7.47. The Morgan fingerprint density at radius 3 is 2.35 bits per heavy atom. The Kier molecular flexibility index (Phi) is 7.72. The summed E-state index contributed by atoms with van der Waals surface area (Å²) in [6.07, 6.45) is -1.67. The number of aliphatic hydroxyl groups is 1. The lowest BCUT2D eigenvalue weighted by atomic mass is 9.87. The molecule has 1 aromatic carbocycles. The van der Waals surface area contributed by atoms with Crippen LogP contribution in [0.2, 0.25) is 0 Å². The van der Waals surface area contributed by atoms with Gasteiger partial charge in [0.25, 0.3) is 0 Å². The van der Waals surface area contributed by atoms with E-state index in [2.05, 4.69) is 26.6 Å². The molecule has 0 fully saturated rings. The van der Waals surface area contributed by atoms with E-state index in [9.17, 15) is 18.3 Å². The zero-order valence-corrected chi connectivity index (χ0v) is 15.8. The van der Waals surface area contributed by atoms with Crippen LogP contribution in [-0.4, -0.2) is 41.4 Å². The van der Waals surface area contributed by atoms with Crippen molar-refractivity contribution < 1.29 is 23.0 Å². The molecule has 1 N–H and O–H groups in total. The molecule has 1 aromatic rings. The Morgan fingerprint density at radius 1 is 1.23 bits per heavy atom. The summed E-state index contributed by atoms with van der Waals surface area (Å²) in [5.41, 5.74) is -1.39. The standard InChI is InChI=1S/C18H21F3N2O2S/c1-5-10-17(24,11-12-23-13-22-4)16(2,3)26-15-8-6-14(7-9-15)25-18(19,20)21/h6-9,12-13,24H,11H2,1-4H3. The van der Waals surface area contributed by atoms with Gasteiger partial charge >= 0.3 is 6.36 Å². The molecule has 142 valence electrons. The van der Waals surface area contributed by atoms with Gasteiger partial charge in [-0.25, -0.2) is 4.99 Å². The number of alkyl halides is 3. The zero-order valence-electron chi connectivity index (χ0n) is 15.0. The van der Waals surface area contributed by atoms with Crippen LogP contribution in [0.5, 0.6) is 5.75 Å². The van der Waals surface area contributed by atoms with Crippen molar-refractivity contribution in [1.29, 1.82) is 0 Å². The highest BCUT2D eigenvalue weighted by atomic mass is 32.2. The fraction of sp³-hybridized carbons (Fsp3) is 0.444. The molecule has 0 amide bonds. The van der Waals surface area contributed by atoms with Gasteiger partial charge in [0.2, 0.25) is 0 Å². The van der Waals surface area contributed by atoms with E-state index in [1.807, 2.05) is 13.8 Å². The quantitative estimate of drug-likeness (QED) is 0.328. The zero-order chi connectivity index (χ0) is 19.8. The predicted octanol–water partition coefficient (Wildman–Crippen LogP) is 4.33. The molecule has 1 rings (SSSR count). The maximum absolute atomic E-state index is 12.2. The number of hydrogen-bond acceptors (Lipinski definition) is 4. The highest BCUT2D eigenvalue weighted by Gasteiger charge is 2.42. The van der Waals surface area contributed by atoms with Crippen LogP contribution in [0, 0.1) is 11.8 Å². The molecule has 26 heavy (non-hydrogen) atoms. The molecule has 0 saturated heterocycles. The summed E-state index contributed by atoms with van der Waals surface area (Å²) in [4.78, 5) is 8.35. The van der Waals surface area contributed by atoms with Gasteiger partial charge in [-0.2, -0.15) is 0 Å². The van der Waals surface area contributed by atoms with Crippen molar-refractivity contribution in [2.45, 2.75) is 48.8 Å². The van der Waals surface area contributed by atoms with Gasteiger partial charge in [0.15, 0.2) is 0 Å². The largest absolute Gasteiger partial charge is 0.573 e. The van der Waals surface area contributed by atoms with Crippen LogP contribution in [0.3, 0.4) is 0 Å². The number of halogens is 3. The Labute approximate surface area is 155 Å². The minimum absolute atomic E-state index is 0.176. The van der Waals surface area contributed by atoms with Gasteiger partial charge in [-0.15, -0.1) is 30.9 Å². The number of hydrogen-bond donors (Lipinski definition) is 1. The molecule has 0 saturated carbocycles. The summed E-state index contributed by atoms with van der Waals surface area (Å²) in [5, 5.41) is 11.0. The third-order valence-corrected chi connectivity index (χ3v) is 4.79. The highest BCUT2D eigenvalue weighted by Crippen LogP contribution is 2.42. The lowest BCUT2D eigenvalue weighted by Crippen LogP contribution is -2.47. The van der Waals surface area contributed by atoms with Gasteiger partial charge in [0.05, 0.1) is 4.75 Å². The normalized spacial score (nSPS) is 14.9. The molecule has 0 bridgehead atoms. The Balaban J connectivity index is 2.97. The van der Waals surface area contributed by atoms with Crippen molar-refractivity contribution in [2.24, 2.45) is 9.98 Å². The van der Waals surface area contributed by atoms with Crippen molar-refractivity contribution in [3.05, 3.63) is 24.3 Å². The van der Waals surface area contributed by atoms with Crippen LogP contribution >= 0.6 is 11.8 Å². The lowest BCUT2D eigenvalue weighted by molar-refractivity contribution is -0.274. The van der Waals surface area contributed by atoms with Crippen molar-refractivity contribution in [1.82, 2.24) is 0 Å². The second-order valence-electron chi connectivity index (χ2n) is 5.78. The molecule has 0 heterocycles. The number of aliphatic imine (C=N–C) groups is 2. The molecule has 0 radical (unpaired) electrons. The smallest absolute Gasteiger partial charge is 0.406 e. The van der Waals surface area contributed by atoms with Crippen molar-refractivity contribution in [2.75, 3.05) is 7.05 Å². The molecule has 0 aliphatic heterocycles. The van der Waals surface area contributed by atoms with Gasteiger partial charge < -0.3 is 9.84 Å². The SMILES string of the molecule is CC#CC(O)(CC=NC=NC)C(C)(C)Sc1ccc(OC(F)(F)F)cc1. The van der Waals surface area contributed by atoms with Crippen molar-refractivity contribution >= 4 is 24.3 Å². The molecule has 8 heteroatoms. The van der Waals surface area contributed by atoms with Gasteiger partial charge in [-0.3, -0.25) is 4.99 Å². The highest BCUT2D eigenvalue weighted by molar-refractivity contribution is 8.00. The molecule has 1 atom stereocenters. The first-order valence-electron chi connectivity index (χ1n) is 7.66. The molecule has 0 aliphatic rings. The first kappa shape index (κ1) is 22.1. The third kappa shape index (κ3) is 6.73.